The standard InChI is InChI=1S/C33H45Cl2FN4O2/c1-4-39(5-2)32(42)33(16-18-37-19-17-33)40-20-7-6-11-28(40)14-12-26(24-13-15-29(34)30(35)22-24)23-38(3)31(41)25-9-8-10-27(36)21-25/h8-10,13,15,21-22,26,28,37H,4-7,11-12,14,16-20,23H2,1-3H3. The van der Waals surface area contributed by atoms with Crippen LogP contribution in [0.4, 0.5) is 4.39 Å². The highest BCUT2D eigenvalue weighted by Crippen LogP contribution is 2.38. The maximum Gasteiger partial charge on any atom is 0.253 e. The van der Waals surface area contributed by atoms with E-state index in [-0.39, 0.29) is 23.8 Å². The minimum atomic E-state index is -0.481. The molecule has 2 fully saturated rings. The van der Waals surface area contributed by atoms with Gasteiger partial charge in [-0.2, -0.15) is 0 Å². The van der Waals surface area contributed by atoms with Gasteiger partial charge in [0.25, 0.3) is 5.91 Å². The molecule has 0 aromatic heterocycles. The predicted molar refractivity (Wildman–Crippen MR) is 169 cm³/mol. The van der Waals surface area contributed by atoms with Gasteiger partial charge in [0.05, 0.1) is 10.0 Å². The average Bonchev–Trinajstić information content (AvgIpc) is 3.01. The van der Waals surface area contributed by atoms with Gasteiger partial charge in [-0.05, 0) is 108 Å². The third kappa shape index (κ3) is 7.47. The SMILES string of the molecule is CCN(CC)C(=O)C1(N2CCCCC2CCC(CN(C)C(=O)c2cccc(F)c2)c2ccc(Cl)c(Cl)c2)CCNCC1. The minimum Gasteiger partial charge on any atom is -0.342 e. The molecule has 0 aliphatic carbocycles. The van der Waals surface area contributed by atoms with Crippen LogP contribution in [-0.4, -0.2) is 84.4 Å². The molecule has 0 radical (unpaired) electrons. The molecule has 9 heteroatoms. The van der Waals surface area contributed by atoms with Crippen LogP contribution in [0, 0.1) is 5.82 Å². The van der Waals surface area contributed by atoms with Crippen LogP contribution in [0.3, 0.4) is 0 Å². The number of benzene rings is 2. The number of hydrogen-bond acceptors (Lipinski definition) is 4. The Morgan fingerprint density at radius 2 is 1.81 bits per heavy atom. The number of hydrogen-bond donors (Lipinski definition) is 1. The van der Waals surface area contributed by atoms with E-state index >= 15 is 0 Å². The number of rotatable bonds is 11. The third-order valence-corrected chi connectivity index (χ3v) is 9.97. The van der Waals surface area contributed by atoms with E-state index in [0.717, 1.165) is 70.1 Å². The molecular weight excluding hydrogens is 574 g/mol. The summed E-state index contributed by atoms with van der Waals surface area (Å²) in [7, 11) is 1.76. The number of carbonyl (C=O) groups excluding carboxylic acids is 2. The maximum absolute atomic E-state index is 14.1. The van der Waals surface area contributed by atoms with E-state index in [2.05, 4.69) is 24.1 Å². The van der Waals surface area contributed by atoms with E-state index in [4.69, 9.17) is 23.2 Å². The van der Waals surface area contributed by atoms with Gasteiger partial charge in [-0.15, -0.1) is 0 Å². The van der Waals surface area contributed by atoms with Crippen LogP contribution < -0.4 is 5.32 Å². The second-order valence-corrected chi connectivity index (χ2v) is 12.6. The molecule has 2 amide bonds. The Balaban J connectivity index is 1.58. The Hall–Kier alpha value is -2.19. The fourth-order valence-electron chi connectivity index (χ4n) is 6.91. The Kier molecular flexibility index (Phi) is 11.7. The monoisotopic (exact) mass is 618 g/mol. The smallest absolute Gasteiger partial charge is 0.253 e. The van der Waals surface area contributed by atoms with Gasteiger partial charge in [0, 0.05) is 44.2 Å². The lowest BCUT2D eigenvalue weighted by Crippen LogP contribution is -2.66. The molecule has 0 bridgehead atoms. The molecule has 2 heterocycles. The van der Waals surface area contributed by atoms with Crippen molar-refractivity contribution in [3.63, 3.8) is 0 Å². The number of halogens is 3. The summed E-state index contributed by atoms with van der Waals surface area (Å²) in [6, 6.07) is 11.8. The molecule has 2 aromatic carbocycles. The first-order chi connectivity index (χ1) is 20.2. The second-order valence-electron chi connectivity index (χ2n) is 11.7. The molecule has 4 rings (SSSR count). The summed E-state index contributed by atoms with van der Waals surface area (Å²) in [4.78, 5) is 33.6. The summed E-state index contributed by atoms with van der Waals surface area (Å²) >= 11 is 12.7. The van der Waals surface area contributed by atoms with E-state index in [1.807, 2.05) is 17.0 Å². The highest BCUT2D eigenvalue weighted by atomic mass is 35.5. The van der Waals surface area contributed by atoms with Gasteiger partial charge in [-0.3, -0.25) is 14.5 Å². The van der Waals surface area contributed by atoms with Gasteiger partial charge in [0.15, 0.2) is 0 Å². The molecular formula is C33H45Cl2FN4O2. The van der Waals surface area contributed by atoms with Crippen molar-refractivity contribution < 1.29 is 14.0 Å². The third-order valence-electron chi connectivity index (χ3n) is 9.23. The molecule has 42 heavy (non-hydrogen) atoms. The van der Waals surface area contributed by atoms with Crippen LogP contribution >= 0.6 is 23.2 Å². The highest BCUT2D eigenvalue weighted by molar-refractivity contribution is 6.42. The molecule has 2 aromatic rings. The summed E-state index contributed by atoms with van der Waals surface area (Å²) in [5, 5.41) is 4.45. The van der Waals surface area contributed by atoms with Gasteiger partial charge < -0.3 is 15.1 Å². The number of likely N-dealkylation sites (N-methyl/N-ethyl adjacent to an activating group) is 2. The number of likely N-dealkylation sites (tertiary alicyclic amines) is 1. The zero-order valence-electron chi connectivity index (χ0n) is 25.2. The van der Waals surface area contributed by atoms with E-state index in [0.29, 0.717) is 35.2 Å². The van der Waals surface area contributed by atoms with Crippen LogP contribution in [-0.2, 0) is 4.79 Å². The molecule has 6 nitrogen and oxygen atoms in total. The Morgan fingerprint density at radius 3 is 2.48 bits per heavy atom. The van der Waals surface area contributed by atoms with Crippen molar-refractivity contribution >= 4 is 35.0 Å². The van der Waals surface area contributed by atoms with Crippen LogP contribution in [0.5, 0.6) is 0 Å². The van der Waals surface area contributed by atoms with E-state index < -0.39 is 11.4 Å². The van der Waals surface area contributed by atoms with Gasteiger partial charge in [-0.1, -0.05) is 41.8 Å². The van der Waals surface area contributed by atoms with E-state index in [1.54, 1.807) is 30.1 Å². The van der Waals surface area contributed by atoms with Gasteiger partial charge in [0.1, 0.15) is 11.4 Å². The first kappa shape index (κ1) is 32.7. The Morgan fingerprint density at radius 1 is 1.07 bits per heavy atom. The van der Waals surface area contributed by atoms with Crippen molar-refractivity contribution in [2.24, 2.45) is 0 Å². The van der Waals surface area contributed by atoms with Crippen molar-refractivity contribution in [2.75, 3.05) is 46.3 Å². The lowest BCUT2D eigenvalue weighted by atomic mass is 9.80. The molecule has 2 unspecified atom stereocenters. The molecule has 2 aliphatic heterocycles. The summed E-state index contributed by atoms with van der Waals surface area (Å²) in [5.74, 6) is -0.396. The normalized spacial score (nSPS) is 19.7. The molecule has 0 spiro atoms. The van der Waals surface area contributed by atoms with Crippen LogP contribution in [0.1, 0.15) is 80.6 Å². The number of piperidine rings is 2. The van der Waals surface area contributed by atoms with Crippen LogP contribution in [0.15, 0.2) is 42.5 Å². The van der Waals surface area contributed by atoms with Crippen molar-refractivity contribution in [3.8, 4) is 0 Å². The van der Waals surface area contributed by atoms with Gasteiger partial charge in [0.2, 0.25) is 5.91 Å². The number of amides is 2. The van der Waals surface area contributed by atoms with Gasteiger partial charge >= 0.3 is 0 Å². The summed E-state index contributed by atoms with van der Waals surface area (Å²) in [6.45, 7) is 8.62. The summed E-state index contributed by atoms with van der Waals surface area (Å²) in [6.07, 6.45) is 6.64. The minimum absolute atomic E-state index is 0.00601. The molecule has 0 saturated carbocycles. The fraction of sp³-hybridized carbons (Fsp3) is 0.576. The Labute approximate surface area is 260 Å². The average molecular weight is 620 g/mol. The summed E-state index contributed by atoms with van der Waals surface area (Å²) in [5.41, 5.74) is 0.860. The van der Waals surface area contributed by atoms with Crippen molar-refractivity contribution in [1.82, 2.24) is 20.0 Å². The number of carbonyl (C=O) groups is 2. The second kappa shape index (κ2) is 15.0. The molecule has 2 aliphatic rings. The van der Waals surface area contributed by atoms with Gasteiger partial charge in [-0.25, -0.2) is 4.39 Å². The first-order valence-electron chi connectivity index (χ1n) is 15.4. The first-order valence-corrected chi connectivity index (χ1v) is 16.2. The zero-order chi connectivity index (χ0) is 30.3. The largest absolute Gasteiger partial charge is 0.342 e. The van der Waals surface area contributed by atoms with Crippen LogP contribution in [0.2, 0.25) is 10.0 Å². The summed E-state index contributed by atoms with van der Waals surface area (Å²) < 4.78 is 13.9. The zero-order valence-corrected chi connectivity index (χ0v) is 26.7. The fourth-order valence-corrected chi connectivity index (χ4v) is 7.22. The molecule has 2 atom stereocenters. The lowest BCUT2D eigenvalue weighted by molar-refractivity contribution is -0.150. The van der Waals surface area contributed by atoms with E-state index in [9.17, 15) is 14.0 Å². The highest BCUT2D eigenvalue weighted by Gasteiger charge is 2.49. The van der Waals surface area contributed by atoms with Crippen LogP contribution in [0.25, 0.3) is 0 Å². The maximum atomic E-state index is 14.1. The molecule has 2 saturated heterocycles. The molecule has 1 N–H and O–H groups in total. The number of nitrogens with zero attached hydrogens (tertiary/aromatic N) is 3. The lowest BCUT2D eigenvalue weighted by Gasteiger charge is -2.52. The van der Waals surface area contributed by atoms with Crippen molar-refractivity contribution in [2.45, 2.75) is 76.3 Å². The topological polar surface area (TPSA) is 55.9 Å². The quantitative estimate of drug-likeness (QED) is 0.308. The Bertz CT molecular complexity index is 1220. The van der Waals surface area contributed by atoms with E-state index in [1.165, 1.54) is 12.1 Å². The van der Waals surface area contributed by atoms with Crippen molar-refractivity contribution in [3.05, 3.63) is 69.5 Å². The number of nitrogens with one attached hydrogen (secondary N) is 1. The van der Waals surface area contributed by atoms with Crippen molar-refractivity contribution in [1.29, 1.82) is 0 Å². The predicted octanol–water partition coefficient (Wildman–Crippen LogP) is 6.61. The molecule has 230 valence electrons.